The highest BCUT2D eigenvalue weighted by atomic mass is 32.1. The van der Waals surface area contributed by atoms with Gasteiger partial charge in [-0.1, -0.05) is 13.8 Å². The maximum absolute atomic E-state index is 11.8. The van der Waals surface area contributed by atoms with Crippen molar-refractivity contribution >= 4 is 34.0 Å². The molecule has 2 heterocycles. The number of imidazole rings is 1. The number of thiazole rings is 1. The van der Waals surface area contributed by atoms with Gasteiger partial charge in [-0.25, -0.2) is 9.97 Å². The number of carbonyl (C=O) groups excluding carboxylic acids is 1. The molecular formula is C15H16N4OS. The number of fused-ring (bicyclic) bond motifs is 1. The summed E-state index contributed by atoms with van der Waals surface area (Å²) in [5.74, 6) is 0.799. The molecule has 0 saturated carbocycles. The average Bonchev–Trinajstić information content (AvgIpc) is 3.07. The molecule has 0 atom stereocenters. The van der Waals surface area contributed by atoms with Crippen LogP contribution in [0.2, 0.25) is 0 Å². The lowest BCUT2D eigenvalue weighted by atomic mass is 10.2. The van der Waals surface area contributed by atoms with Gasteiger partial charge in [0, 0.05) is 30.2 Å². The molecule has 0 aliphatic heterocycles. The van der Waals surface area contributed by atoms with E-state index < -0.39 is 0 Å². The molecule has 1 N–H and O–H groups in total. The van der Waals surface area contributed by atoms with Crippen LogP contribution in [0.1, 0.15) is 13.8 Å². The zero-order valence-electron chi connectivity index (χ0n) is 12.1. The smallest absolute Gasteiger partial charge is 0.226 e. The van der Waals surface area contributed by atoms with Crippen LogP contribution in [0.25, 0.3) is 21.9 Å². The summed E-state index contributed by atoms with van der Waals surface area (Å²) in [6.45, 7) is 3.74. The van der Waals surface area contributed by atoms with E-state index in [1.54, 1.807) is 17.5 Å². The first-order chi connectivity index (χ1) is 10.1. The zero-order valence-corrected chi connectivity index (χ0v) is 12.9. The van der Waals surface area contributed by atoms with Crippen molar-refractivity contribution in [1.29, 1.82) is 0 Å². The van der Waals surface area contributed by atoms with Crippen molar-refractivity contribution in [3.05, 3.63) is 29.8 Å². The normalized spacial score (nSPS) is 11.2. The minimum Gasteiger partial charge on any atom is -0.326 e. The molecule has 3 rings (SSSR count). The summed E-state index contributed by atoms with van der Waals surface area (Å²) < 4.78 is 2.02. The van der Waals surface area contributed by atoms with Gasteiger partial charge in [0.05, 0.1) is 11.0 Å². The molecule has 1 amide bonds. The molecule has 0 spiro atoms. The van der Waals surface area contributed by atoms with Gasteiger partial charge in [-0.2, -0.15) is 0 Å². The van der Waals surface area contributed by atoms with Crippen LogP contribution in [0, 0.1) is 5.92 Å². The van der Waals surface area contributed by atoms with E-state index in [0.29, 0.717) is 0 Å². The van der Waals surface area contributed by atoms with E-state index in [2.05, 4.69) is 15.3 Å². The third-order valence-electron chi connectivity index (χ3n) is 3.30. The Bertz CT molecular complexity index is 789. The monoisotopic (exact) mass is 300 g/mol. The molecule has 2 aromatic heterocycles. The summed E-state index contributed by atoms with van der Waals surface area (Å²) in [4.78, 5) is 20.7. The highest BCUT2D eigenvalue weighted by Crippen LogP contribution is 2.26. The van der Waals surface area contributed by atoms with Gasteiger partial charge in [0.25, 0.3) is 0 Å². The fourth-order valence-corrected chi connectivity index (χ4v) is 2.75. The Labute approximate surface area is 126 Å². The Morgan fingerprint density at radius 3 is 2.86 bits per heavy atom. The van der Waals surface area contributed by atoms with Gasteiger partial charge in [-0.15, -0.1) is 11.3 Å². The van der Waals surface area contributed by atoms with E-state index in [4.69, 9.17) is 0 Å². The molecule has 0 saturated heterocycles. The van der Waals surface area contributed by atoms with Crippen LogP contribution in [0.15, 0.2) is 29.8 Å². The van der Waals surface area contributed by atoms with Crippen LogP contribution in [-0.2, 0) is 11.8 Å². The van der Waals surface area contributed by atoms with E-state index in [9.17, 15) is 4.79 Å². The first-order valence-corrected chi connectivity index (χ1v) is 7.61. The number of carbonyl (C=O) groups is 1. The topological polar surface area (TPSA) is 59.8 Å². The number of anilines is 1. The van der Waals surface area contributed by atoms with Gasteiger partial charge < -0.3 is 9.88 Å². The number of hydrogen-bond acceptors (Lipinski definition) is 4. The molecule has 108 valence electrons. The number of aryl methyl sites for hydroxylation is 1. The molecule has 0 fully saturated rings. The maximum Gasteiger partial charge on any atom is 0.226 e. The summed E-state index contributed by atoms with van der Waals surface area (Å²) >= 11 is 1.56. The van der Waals surface area contributed by atoms with Crippen molar-refractivity contribution in [2.75, 3.05) is 5.32 Å². The third kappa shape index (κ3) is 2.54. The van der Waals surface area contributed by atoms with Crippen molar-refractivity contribution in [3.8, 4) is 10.8 Å². The Kier molecular flexibility index (Phi) is 3.47. The molecular weight excluding hydrogens is 284 g/mol. The maximum atomic E-state index is 11.8. The number of aromatic nitrogens is 3. The Balaban J connectivity index is 2.01. The second kappa shape index (κ2) is 5.29. The van der Waals surface area contributed by atoms with E-state index in [1.165, 1.54) is 0 Å². The van der Waals surface area contributed by atoms with Crippen LogP contribution in [0.3, 0.4) is 0 Å². The van der Waals surface area contributed by atoms with Crippen LogP contribution in [0.5, 0.6) is 0 Å². The molecule has 0 aliphatic carbocycles. The van der Waals surface area contributed by atoms with Gasteiger partial charge in [0.2, 0.25) is 5.91 Å². The van der Waals surface area contributed by atoms with Crippen molar-refractivity contribution in [2.24, 2.45) is 13.0 Å². The lowest BCUT2D eigenvalue weighted by Gasteiger charge is -2.07. The Morgan fingerprint density at radius 2 is 2.19 bits per heavy atom. The number of nitrogens with zero attached hydrogens (tertiary/aromatic N) is 3. The average molecular weight is 300 g/mol. The predicted molar refractivity (Wildman–Crippen MR) is 85.3 cm³/mol. The quantitative estimate of drug-likeness (QED) is 0.807. The highest BCUT2D eigenvalue weighted by Gasteiger charge is 2.13. The van der Waals surface area contributed by atoms with Gasteiger partial charge >= 0.3 is 0 Å². The molecule has 3 aromatic rings. The Hall–Kier alpha value is -2.21. The second-order valence-corrected chi connectivity index (χ2v) is 6.07. The first-order valence-electron chi connectivity index (χ1n) is 6.73. The number of hydrogen-bond donors (Lipinski definition) is 1. The van der Waals surface area contributed by atoms with Crippen molar-refractivity contribution in [2.45, 2.75) is 13.8 Å². The Morgan fingerprint density at radius 1 is 1.38 bits per heavy atom. The van der Waals surface area contributed by atoms with Gasteiger partial charge in [-0.05, 0) is 18.2 Å². The van der Waals surface area contributed by atoms with Crippen molar-refractivity contribution in [3.63, 3.8) is 0 Å². The fourth-order valence-electron chi connectivity index (χ4n) is 2.09. The van der Waals surface area contributed by atoms with E-state index in [0.717, 1.165) is 27.6 Å². The second-order valence-electron chi connectivity index (χ2n) is 5.18. The lowest BCUT2D eigenvalue weighted by Crippen LogP contribution is -2.17. The zero-order chi connectivity index (χ0) is 15.0. The van der Waals surface area contributed by atoms with E-state index >= 15 is 0 Å². The number of benzene rings is 1. The van der Waals surface area contributed by atoms with Gasteiger partial charge in [0.15, 0.2) is 10.8 Å². The summed E-state index contributed by atoms with van der Waals surface area (Å²) in [6.07, 6.45) is 1.77. The largest absolute Gasteiger partial charge is 0.326 e. The molecule has 0 unspecified atom stereocenters. The predicted octanol–water partition coefficient (Wildman–Crippen LogP) is 3.29. The minimum atomic E-state index is -0.0460. The highest BCUT2D eigenvalue weighted by molar-refractivity contribution is 7.13. The minimum absolute atomic E-state index is 0.00503. The molecule has 5 nitrogen and oxygen atoms in total. The molecule has 0 aliphatic rings. The van der Waals surface area contributed by atoms with E-state index in [-0.39, 0.29) is 11.8 Å². The molecule has 6 heteroatoms. The van der Waals surface area contributed by atoms with E-state index in [1.807, 2.05) is 49.0 Å². The fraction of sp³-hybridized carbons (Fsp3) is 0.267. The lowest BCUT2D eigenvalue weighted by molar-refractivity contribution is -0.118. The number of amides is 1. The van der Waals surface area contributed by atoms with Crippen LogP contribution in [0.4, 0.5) is 5.69 Å². The molecule has 1 aromatic carbocycles. The molecule has 21 heavy (non-hydrogen) atoms. The summed E-state index contributed by atoms with van der Waals surface area (Å²) in [5.41, 5.74) is 2.64. The van der Waals surface area contributed by atoms with Crippen molar-refractivity contribution in [1.82, 2.24) is 14.5 Å². The summed E-state index contributed by atoms with van der Waals surface area (Å²) in [7, 11) is 1.97. The SMILES string of the molecule is CC(C)C(=O)Nc1ccc2c(c1)nc(-c1nccs1)n2C. The summed E-state index contributed by atoms with van der Waals surface area (Å²) in [5, 5.41) is 5.72. The standard InChI is InChI=1S/C15H16N4OS/c1-9(2)14(20)17-10-4-5-12-11(8-10)18-13(19(12)3)15-16-6-7-21-15/h4-9H,1-3H3,(H,17,20). The molecule has 0 radical (unpaired) electrons. The first kappa shape index (κ1) is 13.8. The van der Waals surface area contributed by atoms with Crippen LogP contribution >= 0.6 is 11.3 Å². The van der Waals surface area contributed by atoms with Gasteiger partial charge in [-0.3, -0.25) is 4.79 Å². The van der Waals surface area contributed by atoms with Gasteiger partial charge in [0.1, 0.15) is 0 Å². The molecule has 0 bridgehead atoms. The summed E-state index contributed by atoms with van der Waals surface area (Å²) in [6, 6.07) is 5.76. The van der Waals surface area contributed by atoms with Crippen LogP contribution in [-0.4, -0.2) is 20.4 Å². The van der Waals surface area contributed by atoms with Crippen LogP contribution < -0.4 is 5.32 Å². The number of rotatable bonds is 3. The number of nitrogens with one attached hydrogen (secondary N) is 1. The van der Waals surface area contributed by atoms with Crippen molar-refractivity contribution < 1.29 is 4.79 Å². The third-order valence-corrected chi connectivity index (χ3v) is 4.07.